The number of benzene rings is 1. The van der Waals surface area contributed by atoms with E-state index in [-0.39, 0.29) is 11.7 Å². The van der Waals surface area contributed by atoms with Gasteiger partial charge in [-0.3, -0.25) is 4.79 Å². The van der Waals surface area contributed by atoms with Crippen molar-refractivity contribution < 1.29 is 9.90 Å². The summed E-state index contributed by atoms with van der Waals surface area (Å²) in [4.78, 5) is 13.9. The maximum Gasteiger partial charge on any atom is 0.257 e. The van der Waals surface area contributed by atoms with Crippen LogP contribution in [-0.2, 0) is 0 Å². The van der Waals surface area contributed by atoms with Crippen LogP contribution < -0.4 is 0 Å². The van der Waals surface area contributed by atoms with Crippen LogP contribution >= 0.6 is 0 Å². The zero-order valence-corrected chi connectivity index (χ0v) is 9.94. The molecule has 0 atom stereocenters. The minimum atomic E-state index is -0.0817. The molecule has 0 spiro atoms. The molecule has 0 fully saturated rings. The van der Waals surface area contributed by atoms with Crippen LogP contribution in [0.5, 0.6) is 5.75 Å². The summed E-state index contributed by atoms with van der Waals surface area (Å²) in [5.74, 6) is -0.0218. The van der Waals surface area contributed by atoms with Crippen molar-refractivity contribution in [2.75, 3.05) is 13.1 Å². The summed E-state index contributed by atoms with van der Waals surface area (Å²) < 4.78 is 0. The van der Waals surface area contributed by atoms with Crippen molar-refractivity contribution in [3.8, 4) is 5.75 Å². The first-order valence-electron chi connectivity index (χ1n) is 5.78. The minimum absolute atomic E-state index is 0.0599. The van der Waals surface area contributed by atoms with E-state index in [0.717, 1.165) is 25.9 Å². The molecule has 0 aliphatic carbocycles. The van der Waals surface area contributed by atoms with Gasteiger partial charge >= 0.3 is 0 Å². The van der Waals surface area contributed by atoms with E-state index in [2.05, 4.69) is 0 Å². The lowest BCUT2D eigenvalue weighted by Gasteiger charge is -2.21. The molecule has 0 aliphatic heterocycles. The molecule has 0 aromatic heterocycles. The molecule has 1 aromatic carbocycles. The number of phenols is 1. The first-order valence-corrected chi connectivity index (χ1v) is 5.78. The van der Waals surface area contributed by atoms with Crippen molar-refractivity contribution >= 4 is 5.91 Å². The Balaban J connectivity index is 2.85. The number of hydrogen-bond donors (Lipinski definition) is 1. The topological polar surface area (TPSA) is 40.5 Å². The monoisotopic (exact) mass is 221 g/mol. The highest BCUT2D eigenvalue weighted by Gasteiger charge is 2.16. The Labute approximate surface area is 96.7 Å². The van der Waals surface area contributed by atoms with Crippen LogP contribution in [0.25, 0.3) is 0 Å². The lowest BCUT2D eigenvalue weighted by atomic mass is 10.1. The van der Waals surface area contributed by atoms with Gasteiger partial charge < -0.3 is 10.0 Å². The Morgan fingerprint density at radius 1 is 1.19 bits per heavy atom. The molecular formula is C13H19NO2. The molecular weight excluding hydrogens is 202 g/mol. The molecule has 3 heteroatoms. The Kier molecular flexibility index (Phi) is 4.83. The summed E-state index contributed by atoms with van der Waals surface area (Å²) in [5, 5.41) is 9.62. The van der Waals surface area contributed by atoms with Crippen molar-refractivity contribution in [2.24, 2.45) is 0 Å². The fraction of sp³-hybridized carbons (Fsp3) is 0.462. The van der Waals surface area contributed by atoms with Crippen LogP contribution in [-0.4, -0.2) is 29.0 Å². The zero-order valence-electron chi connectivity index (χ0n) is 9.94. The molecule has 0 saturated carbocycles. The second kappa shape index (κ2) is 6.16. The normalized spacial score (nSPS) is 10.1. The highest BCUT2D eigenvalue weighted by molar-refractivity contribution is 5.96. The quantitative estimate of drug-likeness (QED) is 0.830. The van der Waals surface area contributed by atoms with Gasteiger partial charge in [0.25, 0.3) is 5.91 Å². The molecule has 3 nitrogen and oxygen atoms in total. The molecule has 1 aromatic rings. The van der Waals surface area contributed by atoms with Gasteiger partial charge in [0.15, 0.2) is 0 Å². The zero-order chi connectivity index (χ0) is 12.0. The summed E-state index contributed by atoms with van der Waals surface area (Å²) in [6.07, 6.45) is 1.86. The van der Waals surface area contributed by atoms with Crippen LogP contribution in [0.15, 0.2) is 24.3 Å². The van der Waals surface area contributed by atoms with E-state index in [1.165, 1.54) is 0 Å². The molecule has 0 aliphatic rings. The summed E-state index contributed by atoms with van der Waals surface area (Å²) in [7, 11) is 0. The number of carbonyl (C=O) groups is 1. The van der Waals surface area contributed by atoms with E-state index in [0.29, 0.717) is 5.56 Å². The molecule has 0 heterocycles. The highest BCUT2D eigenvalue weighted by atomic mass is 16.3. The van der Waals surface area contributed by atoms with Crippen LogP contribution in [0.3, 0.4) is 0 Å². The predicted molar refractivity (Wildman–Crippen MR) is 64.6 cm³/mol. The average Bonchev–Trinajstić information content (AvgIpc) is 2.28. The smallest absolute Gasteiger partial charge is 0.257 e. The van der Waals surface area contributed by atoms with Crippen LogP contribution in [0.1, 0.15) is 37.0 Å². The first-order chi connectivity index (χ1) is 7.70. The van der Waals surface area contributed by atoms with Gasteiger partial charge in [0.05, 0.1) is 5.56 Å². The van der Waals surface area contributed by atoms with Crippen molar-refractivity contribution in [3.63, 3.8) is 0 Å². The number of nitrogens with zero attached hydrogens (tertiary/aromatic N) is 1. The van der Waals surface area contributed by atoms with E-state index in [9.17, 15) is 9.90 Å². The van der Waals surface area contributed by atoms with Crippen molar-refractivity contribution in [3.05, 3.63) is 29.8 Å². The van der Waals surface area contributed by atoms with Crippen molar-refractivity contribution in [2.45, 2.75) is 26.7 Å². The van der Waals surface area contributed by atoms with Gasteiger partial charge in [-0.15, -0.1) is 0 Å². The second-order valence-corrected chi connectivity index (χ2v) is 3.81. The van der Waals surface area contributed by atoms with E-state index in [1.54, 1.807) is 29.2 Å². The minimum Gasteiger partial charge on any atom is -0.507 e. The average molecular weight is 221 g/mol. The molecule has 1 N–H and O–H groups in total. The Hall–Kier alpha value is -1.51. The molecule has 88 valence electrons. The van der Waals surface area contributed by atoms with E-state index < -0.39 is 0 Å². The third kappa shape index (κ3) is 2.99. The largest absolute Gasteiger partial charge is 0.507 e. The van der Waals surface area contributed by atoms with Crippen LogP contribution in [0, 0.1) is 0 Å². The number of hydrogen-bond acceptors (Lipinski definition) is 2. The maximum absolute atomic E-state index is 12.1. The van der Waals surface area contributed by atoms with Gasteiger partial charge in [-0.1, -0.05) is 26.0 Å². The van der Waals surface area contributed by atoms with Gasteiger partial charge in [-0.2, -0.15) is 0 Å². The summed E-state index contributed by atoms with van der Waals surface area (Å²) in [5.41, 5.74) is 0.393. The first kappa shape index (κ1) is 12.6. The summed E-state index contributed by atoms with van der Waals surface area (Å²) in [6.45, 7) is 5.56. The number of rotatable bonds is 5. The summed E-state index contributed by atoms with van der Waals surface area (Å²) in [6, 6.07) is 6.69. The van der Waals surface area contributed by atoms with Crippen molar-refractivity contribution in [1.82, 2.24) is 4.90 Å². The number of phenolic OH excluding ortho intramolecular Hbond substituents is 1. The molecule has 0 radical (unpaired) electrons. The Morgan fingerprint density at radius 2 is 1.75 bits per heavy atom. The number of para-hydroxylation sites is 1. The lowest BCUT2D eigenvalue weighted by Crippen LogP contribution is -2.32. The molecule has 0 bridgehead atoms. The van der Waals surface area contributed by atoms with Gasteiger partial charge in [-0.25, -0.2) is 0 Å². The fourth-order valence-corrected chi connectivity index (χ4v) is 1.68. The maximum atomic E-state index is 12.1. The highest BCUT2D eigenvalue weighted by Crippen LogP contribution is 2.18. The summed E-state index contributed by atoms with van der Waals surface area (Å²) >= 11 is 0. The molecule has 1 amide bonds. The molecule has 1 rings (SSSR count). The standard InChI is InChI=1S/C13H19NO2/c1-3-9-14(10-4-2)13(16)11-7-5-6-8-12(11)15/h5-8,15H,3-4,9-10H2,1-2H3. The third-order valence-corrected chi connectivity index (χ3v) is 2.41. The number of aromatic hydroxyl groups is 1. The van der Waals surface area contributed by atoms with Crippen LogP contribution in [0.2, 0.25) is 0 Å². The number of amides is 1. The van der Waals surface area contributed by atoms with Crippen LogP contribution in [0.4, 0.5) is 0 Å². The van der Waals surface area contributed by atoms with Gasteiger partial charge in [0, 0.05) is 13.1 Å². The second-order valence-electron chi connectivity index (χ2n) is 3.81. The Morgan fingerprint density at radius 3 is 2.25 bits per heavy atom. The van der Waals surface area contributed by atoms with E-state index in [1.807, 2.05) is 13.8 Å². The number of carbonyl (C=O) groups excluding carboxylic acids is 1. The van der Waals surface area contributed by atoms with Gasteiger partial charge in [-0.05, 0) is 25.0 Å². The van der Waals surface area contributed by atoms with Gasteiger partial charge in [0.1, 0.15) is 5.75 Å². The van der Waals surface area contributed by atoms with E-state index in [4.69, 9.17) is 0 Å². The predicted octanol–water partition coefficient (Wildman–Crippen LogP) is 2.65. The fourth-order valence-electron chi connectivity index (χ4n) is 1.68. The Bertz CT molecular complexity index is 344. The van der Waals surface area contributed by atoms with E-state index >= 15 is 0 Å². The lowest BCUT2D eigenvalue weighted by molar-refractivity contribution is 0.0752. The molecule has 0 saturated heterocycles. The molecule has 16 heavy (non-hydrogen) atoms. The SMILES string of the molecule is CCCN(CCC)C(=O)c1ccccc1O. The van der Waals surface area contributed by atoms with Gasteiger partial charge in [0.2, 0.25) is 0 Å². The molecule has 0 unspecified atom stereocenters. The third-order valence-electron chi connectivity index (χ3n) is 2.41. The van der Waals surface area contributed by atoms with Crippen molar-refractivity contribution in [1.29, 1.82) is 0 Å².